The third-order valence-electron chi connectivity index (χ3n) is 3.21. The molecule has 2 aromatic carbocycles. The van der Waals surface area contributed by atoms with Gasteiger partial charge in [0.15, 0.2) is 11.5 Å². The fourth-order valence-corrected chi connectivity index (χ4v) is 2.08. The van der Waals surface area contributed by atoms with Gasteiger partial charge in [0.2, 0.25) is 0 Å². The molecule has 5 heteroatoms. The molecular formula is C16H20N2O3. The Morgan fingerprint density at radius 3 is 2.38 bits per heavy atom. The average Bonchev–Trinajstić information content (AvgIpc) is 2.53. The first-order valence-electron chi connectivity index (χ1n) is 6.62. The highest BCUT2D eigenvalue weighted by Crippen LogP contribution is 2.34. The lowest BCUT2D eigenvalue weighted by Crippen LogP contribution is -2.04. The molecule has 0 saturated heterocycles. The Balaban J connectivity index is 2.15. The number of ether oxygens (including phenoxy) is 2. The number of rotatable bonds is 6. The molecule has 0 fully saturated rings. The van der Waals surface area contributed by atoms with Crippen molar-refractivity contribution in [3.63, 3.8) is 0 Å². The molecule has 0 aliphatic heterocycles. The van der Waals surface area contributed by atoms with Crippen molar-refractivity contribution < 1.29 is 14.6 Å². The van der Waals surface area contributed by atoms with Gasteiger partial charge in [0, 0.05) is 18.7 Å². The number of methoxy groups -OCH3 is 2. The molecule has 0 unspecified atom stereocenters. The van der Waals surface area contributed by atoms with Crippen molar-refractivity contribution >= 4 is 11.4 Å². The molecule has 0 aromatic heterocycles. The van der Waals surface area contributed by atoms with Gasteiger partial charge in [-0.15, -0.1) is 0 Å². The summed E-state index contributed by atoms with van der Waals surface area (Å²) < 4.78 is 10.5. The van der Waals surface area contributed by atoms with E-state index in [-0.39, 0.29) is 6.61 Å². The van der Waals surface area contributed by atoms with Crippen molar-refractivity contribution in [1.82, 2.24) is 0 Å². The second-order valence-electron chi connectivity index (χ2n) is 4.63. The van der Waals surface area contributed by atoms with Crippen LogP contribution in [0.1, 0.15) is 11.1 Å². The Hall–Kier alpha value is -2.40. The van der Waals surface area contributed by atoms with E-state index >= 15 is 0 Å². The van der Waals surface area contributed by atoms with Crippen molar-refractivity contribution in [1.29, 1.82) is 0 Å². The molecule has 0 amide bonds. The molecule has 0 aliphatic rings. The lowest BCUT2D eigenvalue weighted by Gasteiger charge is -2.14. The van der Waals surface area contributed by atoms with E-state index in [4.69, 9.17) is 20.3 Å². The molecule has 21 heavy (non-hydrogen) atoms. The van der Waals surface area contributed by atoms with E-state index in [1.165, 1.54) is 0 Å². The number of aliphatic hydroxyl groups is 1. The van der Waals surface area contributed by atoms with Gasteiger partial charge in [-0.1, -0.05) is 24.3 Å². The molecule has 0 atom stereocenters. The van der Waals surface area contributed by atoms with Gasteiger partial charge in [0.05, 0.1) is 32.2 Å². The minimum atomic E-state index is 0.0341. The van der Waals surface area contributed by atoms with E-state index in [2.05, 4.69) is 5.32 Å². The van der Waals surface area contributed by atoms with Crippen LogP contribution >= 0.6 is 0 Å². The van der Waals surface area contributed by atoms with E-state index in [0.717, 1.165) is 16.8 Å². The van der Waals surface area contributed by atoms with E-state index in [9.17, 15) is 0 Å². The first-order valence-corrected chi connectivity index (χ1v) is 6.62. The van der Waals surface area contributed by atoms with Gasteiger partial charge in [-0.25, -0.2) is 0 Å². The molecule has 2 aromatic rings. The summed E-state index contributed by atoms with van der Waals surface area (Å²) in [7, 11) is 3.16. The second-order valence-corrected chi connectivity index (χ2v) is 4.63. The van der Waals surface area contributed by atoms with Crippen molar-refractivity contribution in [2.45, 2.75) is 13.2 Å². The van der Waals surface area contributed by atoms with E-state index in [1.54, 1.807) is 20.3 Å². The summed E-state index contributed by atoms with van der Waals surface area (Å²) in [5.41, 5.74) is 9.32. The number of benzene rings is 2. The first-order chi connectivity index (χ1) is 10.2. The summed E-state index contributed by atoms with van der Waals surface area (Å²) in [6.07, 6.45) is 0. The minimum absolute atomic E-state index is 0.0341. The van der Waals surface area contributed by atoms with Gasteiger partial charge < -0.3 is 25.6 Å². The number of aliphatic hydroxyl groups excluding tert-OH is 1. The number of nitrogen functional groups attached to an aromatic ring is 1. The zero-order valence-corrected chi connectivity index (χ0v) is 12.2. The van der Waals surface area contributed by atoms with Crippen LogP contribution in [-0.4, -0.2) is 19.3 Å². The molecule has 0 saturated carbocycles. The van der Waals surface area contributed by atoms with Crippen LogP contribution in [0.2, 0.25) is 0 Å². The molecule has 0 aliphatic carbocycles. The Kier molecular flexibility index (Phi) is 4.90. The third-order valence-corrected chi connectivity index (χ3v) is 3.21. The van der Waals surface area contributed by atoms with Gasteiger partial charge in [0.1, 0.15) is 0 Å². The highest BCUT2D eigenvalue weighted by molar-refractivity contribution is 5.72. The van der Waals surface area contributed by atoms with Crippen molar-refractivity contribution in [3.05, 3.63) is 47.5 Å². The van der Waals surface area contributed by atoms with Gasteiger partial charge in [-0.05, 0) is 11.1 Å². The SMILES string of the molecule is COc1cc(N)c(NCc2cccc(CO)c2)cc1OC. The van der Waals surface area contributed by atoms with Gasteiger partial charge in [-0.3, -0.25) is 0 Å². The van der Waals surface area contributed by atoms with Crippen LogP contribution in [0.4, 0.5) is 11.4 Å². The van der Waals surface area contributed by atoms with Crippen LogP contribution in [0.15, 0.2) is 36.4 Å². The number of hydrogen-bond acceptors (Lipinski definition) is 5. The molecular weight excluding hydrogens is 268 g/mol. The smallest absolute Gasteiger partial charge is 0.162 e. The standard InChI is InChI=1S/C16H20N2O3/c1-20-15-7-13(17)14(8-16(15)21-2)18-9-11-4-3-5-12(6-11)10-19/h3-8,18-19H,9-10,17H2,1-2H3. The lowest BCUT2D eigenvalue weighted by atomic mass is 10.1. The normalized spacial score (nSPS) is 10.2. The Labute approximate surface area is 124 Å². The second kappa shape index (κ2) is 6.85. The molecule has 0 bridgehead atoms. The summed E-state index contributed by atoms with van der Waals surface area (Å²) in [4.78, 5) is 0. The molecule has 4 N–H and O–H groups in total. The van der Waals surface area contributed by atoms with Crippen LogP contribution in [0.5, 0.6) is 11.5 Å². The quantitative estimate of drug-likeness (QED) is 0.711. The Morgan fingerprint density at radius 2 is 1.71 bits per heavy atom. The molecule has 2 rings (SSSR count). The lowest BCUT2D eigenvalue weighted by molar-refractivity contribution is 0.281. The number of hydrogen-bond donors (Lipinski definition) is 3. The van der Waals surface area contributed by atoms with E-state index < -0.39 is 0 Å². The Bertz CT molecular complexity index is 614. The summed E-state index contributed by atoms with van der Waals surface area (Å²) in [5.74, 6) is 1.22. The number of nitrogens with two attached hydrogens (primary N) is 1. The number of anilines is 2. The van der Waals surface area contributed by atoms with Crippen molar-refractivity contribution in [2.24, 2.45) is 0 Å². The van der Waals surface area contributed by atoms with E-state index in [1.807, 2.05) is 30.3 Å². The highest BCUT2D eigenvalue weighted by Gasteiger charge is 2.09. The predicted octanol–water partition coefficient (Wildman–Crippen LogP) is 2.39. The van der Waals surface area contributed by atoms with Crippen molar-refractivity contribution in [2.75, 3.05) is 25.3 Å². The van der Waals surface area contributed by atoms with Crippen LogP contribution in [0.25, 0.3) is 0 Å². The molecule has 5 nitrogen and oxygen atoms in total. The Morgan fingerprint density at radius 1 is 1.05 bits per heavy atom. The van der Waals surface area contributed by atoms with Crippen molar-refractivity contribution in [3.8, 4) is 11.5 Å². The summed E-state index contributed by atoms with van der Waals surface area (Å²) in [6.45, 7) is 0.639. The molecule has 0 radical (unpaired) electrons. The average molecular weight is 288 g/mol. The molecule has 0 spiro atoms. The van der Waals surface area contributed by atoms with Crippen LogP contribution in [0.3, 0.4) is 0 Å². The zero-order chi connectivity index (χ0) is 15.2. The van der Waals surface area contributed by atoms with Gasteiger partial charge >= 0.3 is 0 Å². The summed E-state index contributed by atoms with van der Waals surface area (Å²) in [6, 6.07) is 11.3. The largest absolute Gasteiger partial charge is 0.493 e. The minimum Gasteiger partial charge on any atom is -0.493 e. The third kappa shape index (κ3) is 3.58. The monoisotopic (exact) mass is 288 g/mol. The maximum atomic E-state index is 9.15. The van der Waals surface area contributed by atoms with Crippen LogP contribution < -0.4 is 20.5 Å². The fraction of sp³-hybridized carbons (Fsp3) is 0.250. The maximum absolute atomic E-state index is 9.15. The topological polar surface area (TPSA) is 76.7 Å². The summed E-state index contributed by atoms with van der Waals surface area (Å²) >= 11 is 0. The highest BCUT2D eigenvalue weighted by atomic mass is 16.5. The van der Waals surface area contributed by atoms with Gasteiger partial charge in [-0.2, -0.15) is 0 Å². The van der Waals surface area contributed by atoms with Crippen LogP contribution in [-0.2, 0) is 13.2 Å². The van der Waals surface area contributed by atoms with Crippen LogP contribution in [0, 0.1) is 0 Å². The summed E-state index contributed by atoms with van der Waals surface area (Å²) in [5, 5.41) is 12.4. The maximum Gasteiger partial charge on any atom is 0.162 e. The first kappa shape index (κ1) is 15.0. The predicted molar refractivity (Wildman–Crippen MR) is 83.6 cm³/mol. The fourth-order valence-electron chi connectivity index (χ4n) is 2.08. The molecule has 112 valence electrons. The van der Waals surface area contributed by atoms with E-state index in [0.29, 0.717) is 23.7 Å². The van der Waals surface area contributed by atoms with Gasteiger partial charge in [0.25, 0.3) is 0 Å². The number of nitrogens with one attached hydrogen (secondary N) is 1. The zero-order valence-electron chi connectivity index (χ0n) is 12.2. The molecule has 0 heterocycles.